The van der Waals surface area contributed by atoms with Crippen molar-refractivity contribution >= 4 is 23.0 Å². The highest BCUT2D eigenvalue weighted by molar-refractivity contribution is 7.80. The van der Waals surface area contributed by atoms with Crippen LogP contribution in [-0.4, -0.2) is 14.7 Å². The third kappa shape index (κ3) is 2.76. The van der Waals surface area contributed by atoms with Gasteiger partial charge in [-0.1, -0.05) is 18.2 Å². The zero-order valence-electron chi connectivity index (χ0n) is 14.3. The van der Waals surface area contributed by atoms with E-state index in [1.807, 2.05) is 41.4 Å². The molecule has 26 heavy (non-hydrogen) atoms. The number of hydrogen-bond donors (Lipinski definition) is 1. The molecule has 3 aromatic rings. The smallest absolute Gasteiger partial charge is 0.174 e. The molecule has 132 valence electrons. The molecule has 1 fully saturated rings. The van der Waals surface area contributed by atoms with E-state index in [9.17, 15) is 4.39 Å². The summed E-state index contributed by atoms with van der Waals surface area (Å²) < 4.78 is 16.7. The molecule has 3 heterocycles. The number of aryl methyl sites for hydroxylation is 1. The van der Waals surface area contributed by atoms with Crippen LogP contribution in [0.25, 0.3) is 0 Å². The van der Waals surface area contributed by atoms with Gasteiger partial charge in [-0.15, -0.1) is 0 Å². The molecule has 4 rings (SSSR count). The quantitative estimate of drug-likeness (QED) is 0.701. The standard InChI is InChI=1S/C20H19FN4S/c1-2-24-13-7-11-17(24)19-18(15-9-5-6-12-22-15)23-20(26)25(19)16-10-4-3-8-14(16)21/h3-13,18-19H,2H2,1H3,(H,23,26)/t18-,19+/m0/s1. The van der Waals surface area contributed by atoms with Crippen molar-refractivity contribution in [2.75, 3.05) is 4.90 Å². The van der Waals surface area contributed by atoms with E-state index >= 15 is 0 Å². The van der Waals surface area contributed by atoms with E-state index in [2.05, 4.69) is 27.9 Å². The Balaban J connectivity index is 1.87. The average molecular weight is 366 g/mol. The summed E-state index contributed by atoms with van der Waals surface area (Å²) in [5.74, 6) is -0.294. The molecule has 1 N–H and O–H groups in total. The van der Waals surface area contributed by atoms with Gasteiger partial charge < -0.3 is 14.8 Å². The van der Waals surface area contributed by atoms with Crippen LogP contribution in [0.3, 0.4) is 0 Å². The highest BCUT2D eigenvalue weighted by Gasteiger charge is 2.42. The summed E-state index contributed by atoms with van der Waals surface area (Å²) in [5.41, 5.74) is 2.42. The summed E-state index contributed by atoms with van der Waals surface area (Å²) in [6.07, 6.45) is 3.80. The Labute approximate surface area is 157 Å². The number of benzene rings is 1. The molecule has 0 unspecified atom stereocenters. The van der Waals surface area contributed by atoms with Crippen LogP contribution < -0.4 is 10.2 Å². The van der Waals surface area contributed by atoms with Crippen molar-refractivity contribution in [1.29, 1.82) is 0 Å². The Morgan fingerprint density at radius 3 is 2.65 bits per heavy atom. The number of nitrogens with one attached hydrogen (secondary N) is 1. The van der Waals surface area contributed by atoms with E-state index in [1.54, 1.807) is 18.3 Å². The van der Waals surface area contributed by atoms with E-state index in [0.29, 0.717) is 10.8 Å². The lowest BCUT2D eigenvalue weighted by atomic mass is 10.0. The first-order chi connectivity index (χ1) is 12.7. The Bertz CT molecular complexity index is 924. The van der Waals surface area contributed by atoms with Crippen LogP contribution in [0.15, 0.2) is 67.0 Å². The summed E-state index contributed by atoms with van der Waals surface area (Å²) in [6, 6.07) is 16.3. The Hall–Kier alpha value is -2.73. The fraction of sp³-hybridized carbons (Fsp3) is 0.200. The molecule has 2 aromatic heterocycles. The topological polar surface area (TPSA) is 33.1 Å². The number of thiocarbonyl (C=S) groups is 1. The lowest BCUT2D eigenvalue weighted by Crippen LogP contribution is -2.31. The monoisotopic (exact) mass is 366 g/mol. The molecule has 0 saturated carbocycles. The molecule has 6 heteroatoms. The van der Waals surface area contributed by atoms with Gasteiger partial charge in [0.05, 0.1) is 17.4 Å². The Morgan fingerprint density at radius 2 is 1.92 bits per heavy atom. The molecule has 1 saturated heterocycles. The molecule has 1 aliphatic heterocycles. The van der Waals surface area contributed by atoms with Crippen LogP contribution in [0.5, 0.6) is 0 Å². The first kappa shape index (κ1) is 16.7. The first-order valence-electron chi connectivity index (χ1n) is 8.61. The lowest BCUT2D eigenvalue weighted by Gasteiger charge is -2.29. The van der Waals surface area contributed by atoms with Gasteiger partial charge in [-0.05, 0) is 55.5 Å². The van der Waals surface area contributed by atoms with Crippen molar-refractivity contribution < 1.29 is 4.39 Å². The minimum Gasteiger partial charge on any atom is -0.351 e. The number of nitrogens with zero attached hydrogens (tertiary/aromatic N) is 3. The highest BCUT2D eigenvalue weighted by Crippen LogP contribution is 2.42. The van der Waals surface area contributed by atoms with Gasteiger partial charge >= 0.3 is 0 Å². The predicted molar refractivity (Wildman–Crippen MR) is 104 cm³/mol. The van der Waals surface area contributed by atoms with Crippen LogP contribution in [0.2, 0.25) is 0 Å². The van der Waals surface area contributed by atoms with Crippen molar-refractivity contribution in [2.45, 2.75) is 25.6 Å². The number of anilines is 1. The number of pyridine rings is 1. The molecule has 4 nitrogen and oxygen atoms in total. The third-order valence-electron chi connectivity index (χ3n) is 4.72. The van der Waals surface area contributed by atoms with Crippen LogP contribution in [0, 0.1) is 5.82 Å². The van der Waals surface area contributed by atoms with Gasteiger partial charge in [0.1, 0.15) is 11.9 Å². The lowest BCUT2D eigenvalue weighted by molar-refractivity contribution is 0.524. The van der Waals surface area contributed by atoms with Crippen LogP contribution in [-0.2, 0) is 6.54 Å². The molecular formula is C20H19FN4S. The molecule has 0 bridgehead atoms. The van der Waals surface area contributed by atoms with Crippen molar-refractivity contribution in [3.05, 3.63) is 84.2 Å². The van der Waals surface area contributed by atoms with Gasteiger partial charge in [0.15, 0.2) is 5.11 Å². The van der Waals surface area contributed by atoms with E-state index < -0.39 is 0 Å². The highest BCUT2D eigenvalue weighted by atomic mass is 32.1. The summed E-state index contributed by atoms with van der Waals surface area (Å²) in [6.45, 7) is 2.92. The summed E-state index contributed by atoms with van der Waals surface area (Å²) in [4.78, 5) is 6.38. The van der Waals surface area contributed by atoms with Crippen LogP contribution >= 0.6 is 12.2 Å². The van der Waals surface area contributed by atoms with Crippen LogP contribution in [0.4, 0.5) is 10.1 Å². The fourth-order valence-corrected chi connectivity index (χ4v) is 3.88. The maximum Gasteiger partial charge on any atom is 0.174 e. The molecule has 1 aromatic carbocycles. The van der Waals surface area contributed by atoms with Crippen molar-refractivity contribution in [3.63, 3.8) is 0 Å². The third-order valence-corrected chi connectivity index (χ3v) is 5.03. The molecule has 0 spiro atoms. The summed E-state index contributed by atoms with van der Waals surface area (Å²) >= 11 is 5.60. The van der Waals surface area contributed by atoms with E-state index in [4.69, 9.17) is 12.2 Å². The number of rotatable bonds is 4. The number of halogens is 1. The molecule has 0 radical (unpaired) electrons. The van der Waals surface area contributed by atoms with Crippen LogP contribution in [0.1, 0.15) is 30.4 Å². The maximum atomic E-state index is 14.6. The second-order valence-electron chi connectivity index (χ2n) is 6.17. The Kier molecular flexibility index (Phi) is 4.42. The van der Waals surface area contributed by atoms with Gasteiger partial charge in [0.2, 0.25) is 0 Å². The van der Waals surface area contributed by atoms with E-state index in [0.717, 1.165) is 17.9 Å². The number of aromatic nitrogens is 2. The SMILES string of the molecule is CCn1cccc1[C@@H]1[C@H](c2ccccn2)NC(=S)N1c1ccccc1F. The fourth-order valence-electron chi connectivity index (χ4n) is 3.55. The zero-order chi connectivity index (χ0) is 18.1. The van der Waals surface area contributed by atoms with Gasteiger partial charge in [-0.25, -0.2) is 4.39 Å². The minimum atomic E-state index is -0.294. The molecule has 1 aliphatic rings. The second kappa shape index (κ2) is 6.88. The molecule has 0 amide bonds. The van der Waals surface area contributed by atoms with Gasteiger partial charge in [0, 0.05) is 24.6 Å². The molecule has 0 aliphatic carbocycles. The number of hydrogen-bond acceptors (Lipinski definition) is 2. The predicted octanol–water partition coefficient (Wildman–Crippen LogP) is 4.22. The van der Waals surface area contributed by atoms with E-state index in [1.165, 1.54) is 6.07 Å². The van der Waals surface area contributed by atoms with Gasteiger partial charge in [0.25, 0.3) is 0 Å². The van der Waals surface area contributed by atoms with Gasteiger partial charge in [-0.2, -0.15) is 0 Å². The first-order valence-corrected chi connectivity index (χ1v) is 9.01. The van der Waals surface area contributed by atoms with Gasteiger partial charge in [-0.3, -0.25) is 4.98 Å². The largest absolute Gasteiger partial charge is 0.351 e. The second-order valence-corrected chi connectivity index (χ2v) is 6.55. The van der Waals surface area contributed by atoms with Crippen molar-refractivity contribution in [2.24, 2.45) is 0 Å². The van der Waals surface area contributed by atoms with Crippen molar-refractivity contribution in [1.82, 2.24) is 14.9 Å². The Morgan fingerprint density at radius 1 is 1.12 bits per heavy atom. The number of para-hydroxylation sites is 1. The normalized spacial score (nSPS) is 19.6. The minimum absolute atomic E-state index is 0.163. The summed E-state index contributed by atoms with van der Waals surface area (Å²) in [5, 5.41) is 3.85. The van der Waals surface area contributed by atoms with Crippen molar-refractivity contribution in [3.8, 4) is 0 Å². The average Bonchev–Trinajstić information content (AvgIpc) is 3.26. The summed E-state index contributed by atoms with van der Waals surface area (Å²) in [7, 11) is 0. The molecular weight excluding hydrogens is 347 g/mol. The van der Waals surface area contributed by atoms with E-state index in [-0.39, 0.29) is 17.9 Å². The zero-order valence-corrected chi connectivity index (χ0v) is 15.2. The molecule has 2 atom stereocenters. The maximum absolute atomic E-state index is 14.6.